The van der Waals surface area contributed by atoms with Gasteiger partial charge >= 0.3 is 0 Å². The molecule has 0 aliphatic carbocycles. The van der Waals surface area contributed by atoms with Crippen LogP contribution in [0.5, 0.6) is 0 Å². The number of rotatable bonds is 5. The first-order valence-corrected chi connectivity index (χ1v) is 9.96. The van der Waals surface area contributed by atoms with Crippen LogP contribution in [0.2, 0.25) is 5.02 Å². The number of hydrogen-bond acceptors (Lipinski definition) is 5. The Hall–Kier alpha value is -2.96. The average molecular weight is 409 g/mol. The van der Waals surface area contributed by atoms with Gasteiger partial charge in [0.05, 0.1) is 4.88 Å². The summed E-state index contributed by atoms with van der Waals surface area (Å²) in [6.45, 7) is 2.52. The second-order valence-corrected chi connectivity index (χ2v) is 7.68. The number of aryl methyl sites for hydroxylation is 1. The number of thiophene rings is 1. The molecule has 1 N–H and O–H groups in total. The zero-order valence-corrected chi connectivity index (χ0v) is 16.7. The summed E-state index contributed by atoms with van der Waals surface area (Å²) in [5, 5.41) is 10.2. The third-order valence-corrected chi connectivity index (χ3v) is 5.31. The third-order valence-electron chi connectivity index (χ3n) is 4.21. The molecule has 0 bridgehead atoms. The van der Waals surface area contributed by atoms with Crippen LogP contribution in [0.1, 0.15) is 20.8 Å². The molecule has 0 aliphatic heterocycles. The van der Waals surface area contributed by atoms with Gasteiger partial charge in [-0.2, -0.15) is 9.67 Å². The van der Waals surface area contributed by atoms with Crippen molar-refractivity contribution in [2.24, 2.45) is 0 Å². The molecule has 0 fully saturated rings. The number of nitrogens with one attached hydrogen (secondary N) is 1. The molecule has 0 unspecified atom stereocenters. The van der Waals surface area contributed by atoms with Gasteiger partial charge in [0.1, 0.15) is 0 Å². The van der Waals surface area contributed by atoms with Crippen molar-refractivity contribution in [2.45, 2.75) is 13.5 Å². The van der Waals surface area contributed by atoms with Gasteiger partial charge < -0.3 is 5.32 Å². The maximum atomic E-state index is 12.9. The number of carbonyl (C=O) groups excluding carboxylic acids is 1. The highest BCUT2D eigenvalue weighted by Gasteiger charge is 2.19. The van der Waals surface area contributed by atoms with Crippen molar-refractivity contribution in [1.82, 2.24) is 14.8 Å². The number of carbonyl (C=O) groups is 1. The van der Waals surface area contributed by atoms with Crippen molar-refractivity contribution in [1.29, 1.82) is 0 Å². The van der Waals surface area contributed by atoms with E-state index < -0.39 is 0 Å². The Bertz CT molecular complexity index is 1090. The summed E-state index contributed by atoms with van der Waals surface area (Å²) < 4.78 is 1.33. The number of halogens is 1. The molecule has 7 heteroatoms. The van der Waals surface area contributed by atoms with Gasteiger partial charge in [-0.15, -0.1) is 16.4 Å². The third kappa shape index (κ3) is 3.98. The molecule has 0 spiro atoms. The molecular weight excluding hydrogens is 392 g/mol. The van der Waals surface area contributed by atoms with E-state index >= 15 is 0 Å². The Morgan fingerprint density at radius 1 is 1.11 bits per heavy atom. The number of anilines is 1. The van der Waals surface area contributed by atoms with E-state index in [0.29, 0.717) is 28.2 Å². The van der Waals surface area contributed by atoms with E-state index in [4.69, 9.17) is 11.6 Å². The normalized spacial score (nSPS) is 10.8. The fourth-order valence-corrected chi connectivity index (χ4v) is 3.46. The molecule has 140 valence electrons. The van der Waals surface area contributed by atoms with Gasteiger partial charge in [0.15, 0.2) is 5.82 Å². The maximum absolute atomic E-state index is 12.9. The highest BCUT2D eigenvalue weighted by atomic mass is 35.5. The van der Waals surface area contributed by atoms with Gasteiger partial charge in [0.2, 0.25) is 5.95 Å². The van der Waals surface area contributed by atoms with Crippen LogP contribution >= 0.6 is 22.9 Å². The zero-order chi connectivity index (χ0) is 19.5. The lowest BCUT2D eigenvalue weighted by atomic mass is 10.1. The first-order valence-electron chi connectivity index (χ1n) is 8.71. The molecule has 4 aromatic rings. The lowest BCUT2D eigenvalue weighted by Gasteiger charge is -2.06. The number of benzene rings is 2. The largest absolute Gasteiger partial charge is 0.350 e. The Labute approximate surface area is 171 Å². The highest BCUT2D eigenvalue weighted by Crippen LogP contribution is 2.21. The summed E-state index contributed by atoms with van der Waals surface area (Å²) in [6, 6.07) is 19.0. The zero-order valence-electron chi connectivity index (χ0n) is 15.1. The molecule has 2 heterocycles. The van der Waals surface area contributed by atoms with Gasteiger partial charge in [0.25, 0.3) is 5.91 Å². The van der Waals surface area contributed by atoms with E-state index in [2.05, 4.69) is 15.4 Å². The number of hydrogen-bond donors (Lipinski definition) is 1. The molecule has 2 aromatic carbocycles. The minimum atomic E-state index is -0.209. The van der Waals surface area contributed by atoms with Crippen LogP contribution in [-0.4, -0.2) is 20.7 Å². The Balaban J connectivity index is 1.66. The highest BCUT2D eigenvalue weighted by molar-refractivity contribution is 7.12. The van der Waals surface area contributed by atoms with Crippen LogP contribution < -0.4 is 5.32 Å². The molecular formula is C21H17ClN4OS. The topological polar surface area (TPSA) is 59.8 Å². The SMILES string of the molecule is Cc1ccc(-c2nc(NCc3ccc(Cl)cc3)n(C(=O)c3cccs3)n2)cc1. The monoisotopic (exact) mass is 408 g/mol. The number of aromatic nitrogens is 3. The summed E-state index contributed by atoms with van der Waals surface area (Å²) in [7, 11) is 0. The van der Waals surface area contributed by atoms with Gasteiger partial charge in [-0.3, -0.25) is 4.79 Å². The van der Waals surface area contributed by atoms with Crippen LogP contribution in [0.4, 0.5) is 5.95 Å². The van der Waals surface area contributed by atoms with Gasteiger partial charge in [-0.1, -0.05) is 59.6 Å². The first kappa shape index (κ1) is 18.4. The second-order valence-electron chi connectivity index (χ2n) is 6.30. The summed E-state index contributed by atoms with van der Waals surface area (Å²) in [5.74, 6) is 0.701. The molecule has 28 heavy (non-hydrogen) atoms. The van der Waals surface area contributed by atoms with E-state index in [9.17, 15) is 4.79 Å². The standard InChI is InChI=1S/C21H17ClN4OS/c1-14-4-8-16(9-5-14)19-24-21(23-13-15-6-10-17(22)11-7-15)26(25-19)20(27)18-3-2-12-28-18/h2-12H,13H2,1H3,(H,23,24,25). The number of nitrogens with zero attached hydrogens (tertiary/aromatic N) is 3. The maximum Gasteiger partial charge on any atom is 0.291 e. The van der Waals surface area contributed by atoms with Gasteiger partial charge in [0, 0.05) is 17.1 Å². The fraction of sp³-hybridized carbons (Fsp3) is 0.0952. The van der Waals surface area contributed by atoms with Crippen LogP contribution in [0.25, 0.3) is 11.4 Å². The predicted molar refractivity (Wildman–Crippen MR) is 113 cm³/mol. The van der Waals surface area contributed by atoms with Crippen LogP contribution in [-0.2, 0) is 6.54 Å². The Kier molecular flexibility index (Phi) is 5.23. The molecule has 0 saturated carbocycles. The van der Waals surface area contributed by atoms with Crippen LogP contribution in [0, 0.1) is 6.92 Å². The molecule has 4 rings (SSSR count). The van der Waals surface area contributed by atoms with Crippen molar-refractivity contribution in [3.63, 3.8) is 0 Å². The molecule has 0 aliphatic rings. The molecule has 0 radical (unpaired) electrons. The van der Waals surface area contributed by atoms with Crippen molar-refractivity contribution in [3.05, 3.63) is 87.1 Å². The van der Waals surface area contributed by atoms with E-state index in [0.717, 1.165) is 16.7 Å². The predicted octanol–water partition coefficient (Wildman–Crippen LogP) is 5.27. The van der Waals surface area contributed by atoms with Crippen LogP contribution in [0.3, 0.4) is 0 Å². The van der Waals surface area contributed by atoms with Crippen molar-refractivity contribution < 1.29 is 4.79 Å². The fourth-order valence-electron chi connectivity index (χ4n) is 2.68. The van der Waals surface area contributed by atoms with E-state index in [1.165, 1.54) is 16.0 Å². The lowest BCUT2D eigenvalue weighted by Crippen LogP contribution is -2.16. The van der Waals surface area contributed by atoms with Crippen molar-refractivity contribution in [3.8, 4) is 11.4 Å². The minimum absolute atomic E-state index is 0.209. The quantitative estimate of drug-likeness (QED) is 0.488. The smallest absolute Gasteiger partial charge is 0.291 e. The van der Waals surface area contributed by atoms with E-state index in [1.807, 2.05) is 66.9 Å². The molecule has 0 amide bonds. The second kappa shape index (κ2) is 7.96. The van der Waals surface area contributed by atoms with Crippen molar-refractivity contribution >= 4 is 34.8 Å². The van der Waals surface area contributed by atoms with Gasteiger partial charge in [-0.05, 0) is 36.1 Å². The van der Waals surface area contributed by atoms with E-state index in [1.54, 1.807) is 6.07 Å². The first-order chi connectivity index (χ1) is 13.6. The van der Waals surface area contributed by atoms with E-state index in [-0.39, 0.29) is 5.91 Å². The minimum Gasteiger partial charge on any atom is -0.350 e. The Morgan fingerprint density at radius 2 is 1.86 bits per heavy atom. The van der Waals surface area contributed by atoms with Crippen molar-refractivity contribution in [2.75, 3.05) is 5.32 Å². The average Bonchev–Trinajstić information content (AvgIpc) is 3.38. The molecule has 2 aromatic heterocycles. The Morgan fingerprint density at radius 3 is 2.54 bits per heavy atom. The van der Waals surface area contributed by atoms with Gasteiger partial charge in [-0.25, -0.2) is 0 Å². The van der Waals surface area contributed by atoms with Crippen LogP contribution in [0.15, 0.2) is 66.0 Å². The summed E-state index contributed by atoms with van der Waals surface area (Å²) in [4.78, 5) is 18.1. The summed E-state index contributed by atoms with van der Waals surface area (Å²) in [6.07, 6.45) is 0. The molecule has 0 atom stereocenters. The molecule has 0 saturated heterocycles. The summed E-state index contributed by atoms with van der Waals surface area (Å²) in [5.41, 5.74) is 3.04. The molecule has 5 nitrogen and oxygen atoms in total. The summed E-state index contributed by atoms with van der Waals surface area (Å²) >= 11 is 7.32. The lowest BCUT2D eigenvalue weighted by molar-refractivity contribution is 0.0951.